The summed E-state index contributed by atoms with van der Waals surface area (Å²) < 4.78 is 4.63. The van der Waals surface area contributed by atoms with Crippen molar-refractivity contribution in [2.24, 2.45) is 5.10 Å². The standard InChI is InChI=1S/C18H16N4O3S/c1-25-17(24)13-8-6-12(7-9-13)10-19-22-16(23)11-26-18-20-14-4-2-3-5-15(14)21-18/h2-10H,11H2,1H3,(H,20,21)(H,22,23)/p+1. The SMILES string of the molecule is COC(=O)c1ccc(C=NNC(=O)CSc2[nH]c3ccccc3[nH+]2)cc1. The summed E-state index contributed by atoms with van der Waals surface area (Å²) in [6, 6.07) is 14.5. The Morgan fingerprint density at radius 1 is 1.23 bits per heavy atom. The topological polar surface area (TPSA) is 97.7 Å². The fourth-order valence-corrected chi connectivity index (χ4v) is 2.93. The number of carbonyl (C=O) groups excluding carboxylic acids is 2. The molecule has 7 nitrogen and oxygen atoms in total. The zero-order valence-electron chi connectivity index (χ0n) is 14.0. The second kappa shape index (κ2) is 8.30. The number of thioether (sulfide) groups is 1. The molecule has 0 aliphatic heterocycles. The Morgan fingerprint density at radius 2 is 2.00 bits per heavy atom. The van der Waals surface area contributed by atoms with Crippen LogP contribution in [0.25, 0.3) is 11.0 Å². The van der Waals surface area contributed by atoms with E-state index in [1.54, 1.807) is 24.3 Å². The lowest BCUT2D eigenvalue weighted by Gasteiger charge is -1.99. The molecule has 0 fully saturated rings. The number of H-pyrrole nitrogens is 2. The van der Waals surface area contributed by atoms with Gasteiger partial charge in [-0.1, -0.05) is 24.3 Å². The van der Waals surface area contributed by atoms with Gasteiger partial charge in [0.05, 0.1) is 24.6 Å². The number of aromatic amines is 2. The molecule has 0 saturated carbocycles. The summed E-state index contributed by atoms with van der Waals surface area (Å²) in [6.45, 7) is 0. The lowest BCUT2D eigenvalue weighted by Crippen LogP contribution is -2.20. The number of amides is 1. The maximum Gasteiger partial charge on any atom is 0.337 e. The number of imidazole rings is 1. The molecule has 3 rings (SSSR count). The summed E-state index contributed by atoms with van der Waals surface area (Å²) in [4.78, 5) is 29.6. The van der Waals surface area contributed by atoms with Crippen LogP contribution in [0.4, 0.5) is 0 Å². The number of para-hydroxylation sites is 2. The van der Waals surface area contributed by atoms with E-state index in [0.717, 1.165) is 21.8 Å². The number of fused-ring (bicyclic) bond motifs is 1. The Bertz CT molecular complexity index is 917. The lowest BCUT2D eigenvalue weighted by molar-refractivity contribution is -0.396. The van der Waals surface area contributed by atoms with E-state index in [9.17, 15) is 9.59 Å². The van der Waals surface area contributed by atoms with Gasteiger partial charge in [0.2, 0.25) is 0 Å². The van der Waals surface area contributed by atoms with E-state index in [2.05, 4.69) is 25.2 Å². The maximum atomic E-state index is 11.9. The molecule has 0 spiro atoms. The minimum atomic E-state index is -0.396. The summed E-state index contributed by atoms with van der Waals surface area (Å²) in [5, 5.41) is 4.73. The van der Waals surface area contributed by atoms with Gasteiger partial charge in [0.1, 0.15) is 0 Å². The van der Waals surface area contributed by atoms with Crippen LogP contribution in [-0.4, -0.2) is 35.9 Å². The molecule has 3 aromatic rings. The third kappa shape index (κ3) is 4.48. The summed E-state index contributed by atoms with van der Waals surface area (Å²) >= 11 is 1.36. The molecule has 2 aromatic carbocycles. The van der Waals surface area contributed by atoms with Gasteiger partial charge < -0.3 is 4.74 Å². The Morgan fingerprint density at radius 3 is 2.73 bits per heavy atom. The number of carbonyl (C=O) groups is 2. The van der Waals surface area contributed by atoms with Gasteiger partial charge in [0.25, 0.3) is 5.91 Å². The summed E-state index contributed by atoms with van der Waals surface area (Å²) in [6.07, 6.45) is 1.51. The van der Waals surface area contributed by atoms with Crippen molar-refractivity contribution in [2.45, 2.75) is 5.16 Å². The number of esters is 1. The first kappa shape index (κ1) is 17.7. The average molecular weight is 369 g/mol. The minimum absolute atomic E-state index is 0.218. The van der Waals surface area contributed by atoms with Gasteiger partial charge in [-0.3, -0.25) is 4.79 Å². The van der Waals surface area contributed by atoms with Crippen LogP contribution >= 0.6 is 11.8 Å². The highest BCUT2D eigenvalue weighted by molar-refractivity contribution is 7.99. The number of aromatic nitrogens is 2. The van der Waals surface area contributed by atoms with Crippen LogP contribution in [0.2, 0.25) is 0 Å². The molecular formula is C18H17N4O3S+. The smallest absolute Gasteiger partial charge is 0.337 e. The van der Waals surface area contributed by atoms with Gasteiger partial charge in [-0.2, -0.15) is 5.10 Å². The van der Waals surface area contributed by atoms with Crippen molar-refractivity contribution in [3.05, 3.63) is 59.7 Å². The number of nitrogens with zero attached hydrogens (tertiary/aromatic N) is 1. The molecular weight excluding hydrogens is 352 g/mol. The van der Waals surface area contributed by atoms with E-state index in [1.807, 2.05) is 24.3 Å². The highest BCUT2D eigenvalue weighted by Crippen LogP contribution is 2.14. The molecule has 0 saturated heterocycles. The highest BCUT2D eigenvalue weighted by Gasteiger charge is 2.11. The van der Waals surface area contributed by atoms with Crippen LogP contribution in [0.3, 0.4) is 0 Å². The van der Waals surface area contributed by atoms with Crippen molar-refractivity contribution in [1.29, 1.82) is 0 Å². The summed E-state index contributed by atoms with van der Waals surface area (Å²) in [5.41, 5.74) is 5.67. The van der Waals surface area contributed by atoms with Gasteiger partial charge in [-0.15, -0.1) is 0 Å². The lowest BCUT2D eigenvalue weighted by atomic mass is 10.1. The highest BCUT2D eigenvalue weighted by atomic mass is 32.2. The summed E-state index contributed by atoms with van der Waals surface area (Å²) in [7, 11) is 1.33. The van der Waals surface area contributed by atoms with Crippen LogP contribution < -0.4 is 10.4 Å². The molecule has 0 aliphatic rings. The van der Waals surface area contributed by atoms with Gasteiger partial charge in [0, 0.05) is 0 Å². The molecule has 1 aromatic heterocycles. The monoisotopic (exact) mass is 369 g/mol. The fourth-order valence-electron chi connectivity index (χ4n) is 2.22. The van der Waals surface area contributed by atoms with E-state index in [0.29, 0.717) is 5.56 Å². The molecule has 0 radical (unpaired) electrons. The predicted molar refractivity (Wildman–Crippen MR) is 99.1 cm³/mol. The number of hydrogen-bond donors (Lipinski definition) is 2. The quantitative estimate of drug-likeness (QED) is 0.301. The largest absolute Gasteiger partial charge is 0.465 e. The first-order valence-corrected chi connectivity index (χ1v) is 8.77. The Hall–Kier alpha value is -3.13. The van der Waals surface area contributed by atoms with E-state index in [1.165, 1.54) is 25.1 Å². The predicted octanol–water partition coefficient (Wildman–Crippen LogP) is 2.01. The fraction of sp³-hybridized carbons (Fsp3) is 0.111. The molecule has 0 atom stereocenters. The molecule has 8 heteroatoms. The Balaban J connectivity index is 1.48. The number of hydrazone groups is 1. The second-order valence-electron chi connectivity index (χ2n) is 5.32. The van der Waals surface area contributed by atoms with Crippen LogP contribution in [0.15, 0.2) is 58.8 Å². The number of rotatable bonds is 6. The third-order valence-corrected chi connectivity index (χ3v) is 4.41. The number of methoxy groups -OCH3 is 1. The van der Waals surface area contributed by atoms with Crippen LogP contribution in [0.1, 0.15) is 15.9 Å². The number of hydrogen-bond acceptors (Lipinski definition) is 5. The van der Waals surface area contributed by atoms with Crippen molar-refractivity contribution in [3.8, 4) is 0 Å². The first-order valence-electron chi connectivity index (χ1n) is 7.79. The van der Waals surface area contributed by atoms with Crippen molar-refractivity contribution < 1.29 is 19.3 Å². The molecule has 26 heavy (non-hydrogen) atoms. The first-order chi connectivity index (χ1) is 12.7. The molecule has 0 aliphatic carbocycles. The Labute approximate surface area is 153 Å². The van der Waals surface area contributed by atoms with Crippen LogP contribution in [0.5, 0.6) is 0 Å². The molecule has 1 heterocycles. The van der Waals surface area contributed by atoms with E-state index in [4.69, 9.17) is 0 Å². The number of nitrogens with one attached hydrogen (secondary N) is 3. The molecule has 3 N–H and O–H groups in total. The molecule has 0 bridgehead atoms. The van der Waals surface area contributed by atoms with Crippen molar-refractivity contribution >= 4 is 40.9 Å². The number of ether oxygens (including phenoxy) is 1. The van der Waals surface area contributed by atoms with Crippen LogP contribution in [0, 0.1) is 0 Å². The van der Waals surface area contributed by atoms with Crippen molar-refractivity contribution in [1.82, 2.24) is 10.4 Å². The van der Waals surface area contributed by atoms with Gasteiger partial charge >= 0.3 is 11.1 Å². The van der Waals surface area contributed by atoms with E-state index < -0.39 is 5.97 Å². The molecule has 132 valence electrons. The average Bonchev–Trinajstić information content (AvgIpc) is 3.09. The minimum Gasteiger partial charge on any atom is -0.465 e. The van der Waals surface area contributed by atoms with Crippen molar-refractivity contribution in [3.63, 3.8) is 0 Å². The van der Waals surface area contributed by atoms with Gasteiger partial charge in [-0.25, -0.2) is 20.2 Å². The zero-order valence-corrected chi connectivity index (χ0v) is 14.8. The normalized spacial score (nSPS) is 11.0. The maximum absolute atomic E-state index is 11.9. The second-order valence-corrected chi connectivity index (χ2v) is 6.31. The molecule has 0 unspecified atom stereocenters. The third-order valence-electron chi connectivity index (χ3n) is 3.51. The van der Waals surface area contributed by atoms with Gasteiger partial charge in [-0.05, 0) is 41.6 Å². The van der Waals surface area contributed by atoms with E-state index in [-0.39, 0.29) is 11.7 Å². The molecule has 1 amide bonds. The van der Waals surface area contributed by atoms with Gasteiger partial charge in [0.15, 0.2) is 11.0 Å². The zero-order chi connectivity index (χ0) is 18.4. The van der Waals surface area contributed by atoms with E-state index >= 15 is 0 Å². The summed E-state index contributed by atoms with van der Waals surface area (Å²) in [5.74, 6) is -0.390. The van der Waals surface area contributed by atoms with Crippen LogP contribution in [-0.2, 0) is 9.53 Å². The van der Waals surface area contributed by atoms with Crippen molar-refractivity contribution in [2.75, 3.05) is 12.9 Å². The number of benzene rings is 2. The Kier molecular flexibility index (Phi) is 5.65.